The zero-order chi connectivity index (χ0) is 18.9. The Kier molecular flexibility index (Phi) is 4.62. The molecule has 0 unspecified atom stereocenters. The Hall–Kier alpha value is -2.98. The van der Waals surface area contributed by atoms with Gasteiger partial charge in [0.2, 0.25) is 0 Å². The van der Waals surface area contributed by atoms with E-state index in [0.29, 0.717) is 0 Å². The van der Waals surface area contributed by atoms with Crippen molar-refractivity contribution in [3.8, 4) is 0 Å². The Balaban J connectivity index is 2.07. The summed E-state index contributed by atoms with van der Waals surface area (Å²) < 4.78 is 47.5. The van der Waals surface area contributed by atoms with Crippen LogP contribution in [0.25, 0.3) is 11.0 Å². The summed E-state index contributed by atoms with van der Waals surface area (Å²) in [4.78, 5) is 24.6. The molecular weight excluding hydrogens is 365 g/mol. The number of para-hydroxylation sites is 1. The molecule has 2 N–H and O–H groups in total. The Morgan fingerprint density at radius 1 is 1.12 bits per heavy atom. The van der Waals surface area contributed by atoms with Crippen molar-refractivity contribution in [2.24, 2.45) is 0 Å². The van der Waals surface area contributed by atoms with E-state index in [0.717, 1.165) is 4.57 Å². The van der Waals surface area contributed by atoms with Crippen LogP contribution in [0.5, 0.6) is 0 Å². The van der Waals surface area contributed by atoms with Crippen molar-refractivity contribution in [1.29, 1.82) is 0 Å². The van der Waals surface area contributed by atoms with Gasteiger partial charge in [0, 0.05) is 12.6 Å². The van der Waals surface area contributed by atoms with Crippen LogP contribution >= 0.6 is 0 Å². The SMILES string of the molecule is CNS(=O)(=O)Nc1cccc(Cn2c(=O)oc3ccccc3c2=O)c1F. The van der Waals surface area contributed by atoms with Gasteiger partial charge in [-0.25, -0.2) is 18.5 Å². The Bertz CT molecular complexity index is 1200. The molecule has 0 saturated carbocycles. The highest BCUT2D eigenvalue weighted by atomic mass is 32.2. The molecule has 0 atom stereocenters. The molecule has 0 spiro atoms. The van der Waals surface area contributed by atoms with E-state index in [4.69, 9.17) is 4.42 Å². The molecule has 0 aliphatic rings. The van der Waals surface area contributed by atoms with Crippen molar-refractivity contribution in [2.75, 3.05) is 11.8 Å². The number of fused-ring (bicyclic) bond motifs is 1. The lowest BCUT2D eigenvalue weighted by Crippen LogP contribution is -2.33. The van der Waals surface area contributed by atoms with Gasteiger partial charge in [-0.15, -0.1) is 0 Å². The third-order valence-corrected chi connectivity index (χ3v) is 4.73. The number of hydrogen-bond acceptors (Lipinski definition) is 5. The molecule has 3 aromatic rings. The first-order valence-electron chi connectivity index (χ1n) is 7.44. The minimum atomic E-state index is -3.92. The van der Waals surface area contributed by atoms with Crippen molar-refractivity contribution < 1.29 is 17.2 Å². The molecule has 8 nitrogen and oxygen atoms in total. The molecule has 1 aromatic heterocycles. The van der Waals surface area contributed by atoms with Gasteiger partial charge in [0.05, 0.1) is 17.6 Å². The summed E-state index contributed by atoms with van der Waals surface area (Å²) in [7, 11) is -2.75. The summed E-state index contributed by atoms with van der Waals surface area (Å²) in [5, 5.41) is 0.180. The minimum Gasteiger partial charge on any atom is -0.409 e. The number of rotatable bonds is 5. The fourth-order valence-electron chi connectivity index (χ4n) is 2.39. The summed E-state index contributed by atoms with van der Waals surface area (Å²) in [6.07, 6.45) is 0. The third-order valence-electron chi connectivity index (χ3n) is 3.70. The van der Waals surface area contributed by atoms with Crippen LogP contribution in [-0.4, -0.2) is 20.0 Å². The van der Waals surface area contributed by atoms with Gasteiger partial charge in [0.25, 0.3) is 15.8 Å². The van der Waals surface area contributed by atoms with Crippen LogP contribution in [0, 0.1) is 5.82 Å². The lowest BCUT2D eigenvalue weighted by atomic mass is 10.2. The van der Waals surface area contributed by atoms with Crippen LogP contribution < -0.4 is 20.8 Å². The maximum absolute atomic E-state index is 14.6. The molecule has 0 radical (unpaired) electrons. The molecule has 0 amide bonds. The van der Waals surface area contributed by atoms with Crippen LogP contribution in [0.2, 0.25) is 0 Å². The summed E-state index contributed by atoms with van der Waals surface area (Å²) in [6.45, 7) is -0.410. The number of nitrogens with one attached hydrogen (secondary N) is 2. The number of benzene rings is 2. The van der Waals surface area contributed by atoms with Crippen molar-refractivity contribution in [3.63, 3.8) is 0 Å². The zero-order valence-corrected chi connectivity index (χ0v) is 14.3. The fourth-order valence-corrected chi connectivity index (χ4v) is 2.94. The molecule has 2 aromatic carbocycles. The van der Waals surface area contributed by atoms with Gasteiger partial charge in [-0.05, 0) is 18.2 Å². The molecule has 1 heterocycles. The fraction of sp³-hybridized carbons (Fsp3) is 0.125. The van der Waals surface area contributed by atoms with E-state index in [-0.39, 0.29) is 22.2 Å². The Morgan fingerprint density at radius 3 is 2.58 bits per heavy atom. The third kappa shape index (κ3) is 3.37. The average Bonchev–Trinajstić information content (AvgIpc) is 2.61. The molecule has 136 valence electrons. The summed E-state index contributed by atoms with van der Waals surface area (Å²) in [5.74, 6) is -1.83. The van der Waals surface area contributed by atoms with E-state index in [2.05, 4.69) is 0 Å². The molecule has 0 bridgehead atoms. The molecule has 3 rings (SSSR count). The number of hydrogen-bond donors (Lipinski definition) is 2. The molecule has 0 fully saturated rings. The summed E-state index contributed by atoms with van der Waals surface area (Å²) >= 11 is 0. The summed E-state index contributed by atoms with van der Waals surface area (Å²) in [5.41, 5.74) is -0.853. The largest absolute Gasteiger partial charge is 0.422 e. The van der Waals surface area contributed by atoms with Crippen LogP contribution in [0.1, 0.15) is 5.56 Å². The molecule has 10 heteroatoms. The molecular formula is C16H14FN3O5S. The number of aromatic nitrogens is 1. The number of halogens is 1. The molecule has 0 aliphatic heterocycles. The topological polar surface area (TPSA) is 110 Å². The molecule has 26 heavy (non-hydrogen) atoms. The second-order valence-electron chi connectivity index (χ2n) is 5.34. The van der Waals surface area contributed by atoms with Gasteiger partial charge in [-0.3, -0.25) is 9.52 Å². The molecule has 0 saturated heterocycles. The normalized spacial score (nSPS) is 11.6. The summed E-state index contributed by atoms with van der Waals surface area (Å²) in [6, 6.07) is 10.2. The number of anilines is 1. The van der Waals surface area contributed by atoms with E-state index in [9.17, 15) is 22.4 Å². The van der Waals surface area contributed by atoms with Crippen molar-refractivity contribution in [3.05, 3.63) is 74.7 Å². The zero-order valence-electron chi connectivity index (χ0n) is 13.5. The first kappa shape index (κ1) is 17.8. The Labute approximate surface area is 147 Å². The van der Waals surface area contributed by atoms with Crippen molar-refractivity contribution >= 4 is 26.9 Å². The average molecular weight is 379 g/mol. The quantitative estimate of drug-likeness (QED) is 0.688. The first-order valence-corrected chi connectivity index (χ1v) is 8.92. The van der Waals surface area contributed by atoms with Gasteiger partial charge < -0.3 is 4.42 Å². The van der Waals surface area contributed by atoms with E-state index in [1.807, 2.05) is 9.44 Å². The lowest BCUT2D eigenvalue weighted by molar-refractivity contribution is 0.466. The predicted octanol–water partition coefficient (Wildman–Crippen LogP) is 1.02. The highest BCUT2D eigenvalue weighted by Crippen LogP contribution is 2.19. The van der Waals surface area contributed by atoms with Gasteiger partial charge in [-0.1, -0.05) is 24.3 Å². The maximum Gasteiger partial charge on any atom is 0.422 e. The van der Waals surface area contributed by atoms with Crippen LogP contribution in [0.3, 0.4) is 0 Å². The second kappa shape index (κ2) is 6.73. The van der Waals surface area contributed by atoms with Crippen LogP contribution in [-0.2, 0) is 16.8 Å². The Morgan fingerprint density at radius 2 is 1.85 bits per heavy atom. The van der Waals surface area contributed by atoms with E-state index < -0.39 is 33.9 Å². The minimum absolute atomic E-state index is 0.0500. The standard InChI is InChI=1S/C16H14FN3O5S/c1-18-26(23,24)19-12-7-4-5-10(14(12)17)9-20-15(21)11-6-2-3-8-13(11)25-16(20)22/h2-8,18-19H,9H2,1H3. The second-order valence-corrected chi connectivity index (χ2v) is 6.96. The monoisotopic (exact) mass is 379 g/mol. The lowest BCUT2D eigenvalue weighted by Gasteiger charge is -2.11. The predicted molar refractivity (Wildman–Crippen MR) is 93.8 cm³/mol. The van der Waals surface area contributed by atoms with Crippen molar-refractivity contribution in [1.82, 2.24) is 9.29 Å². The van der Waals surface area contributed by atoms with Crippen LogP contribution in [0.15, 0.2) is 56.5 Å². The first-order chi connectivity index (χ1) is 12.3. The van der Waals surface area contributed by atoms with E-state index in [1.165, 1.54) is 37.4 Å². The number of nitrogens with zero attached hydrogens (tertiary/aromatic N) is 1. The van der Waals surface area contributed by atoms with Crippen LogP contribution in [0.4, 0.5) is 10.1 Å². The highest BCUT2D eigenvalue weighted by Gasteiger charge is 2.16. The smallest absolute Gasteiger partial charge is 0.409 e. The van der Waals surface area contributed by atoms with Gasteiger partial charge in [0.1, 0.15) is 5.58 Å². The molecule has 0 aliphatic carbocycles. The van der Waals surface area contributed by atoms with Gasteiger partial charge in [-0.2, -0.15) is 8.42 Å². The van der Waals surface area contributed by atoms with E-state index >= 15 is 0 Å². The van der Waals surface area contributed by atoms with E-state index in [1.54, 1.807) is 12.1 Å². The van der Waals surface area contributed by atoms with Gasteiger partial charge in [0.15, 0.2) is 5.82 Å². The maximum atomic E-state index is 14.6. The van der Waals surface area contributed by atoms with Gasteiger partial charge >= 0.3 is 5.76 Å². The highest BCUT2D eigenvalue weighted by molar-refractivity contribution is 7.90. The van der Waals surface area contributed by atoms with Crippen molar-refractivity contribution in [2.45, 2.75) is 6.54 Å².